The molecule has 10 heavy (non-hydrogen) atoms. The molecule has 1 nitrogen and oxygen atoms in total. The van der Waals surface area contributed by atoms with Gasteiger partial charge in [0.05, 0.1) is 0 Å². The molecule has 0 saturated heterocycles. The van der Waals surface area contributed by atoms with Crippen LogP contribution in [-0.2, 0) is 0 Å². The van der Waals surface area contributed by atoms with Gasteiger partial charge in [-0.3, -0.25) is 0 Å². The van der Waals surface area contributed by atoms with Crippen LogP contribution in [0.2, 0.25) is 0 Å². The summed E-state index contributed by atoms with van der Waals surface area (Å²) in [6, 6.07) is 0. The Bertz CT molecular complexity index is 85.7. The van der Waals surface area contributed by atoms with Gasteiger partial charge in [-0.1, -0.05) is 6.92 Å². The maximum Gasteiger partial charge on any atom is 0.106 e. The number of nitrogens with zero attached hydrogens (tertiary/aromatic N) is 1. The minimum atomic E-state index is -1.01. The zero-order chi connectivity index (χ0) is 8.20. The lowest BCUT2D eigenvalue weighted by Crippen LogP contribution is -2.25. The first-order chi connectivity index (χ1) is 4.45. The highest BCUT2D eigenvalue weighted by atomic mass is 19.1. The van der Waals surface area contributed by atoms with Crippen molar-refractivity contribution in [3.8, 4) is 0 Å². The molecule has 0 spiro atoms. The number of rotatable bonds is 4. The molecule has 0 N–H and O–H groups in total. The Hall–Kier alpha value is -0.110. The molecule has 62 valence electrons. The van der Waals surface area contributed by atoms with Crippen molar-refractivity contribution in [3.63, 3.8) is 0 Å². The fourth-order valence-electron chi connectivity index (χ4n) is 0.615. The molecule has 0 unspecified atom stereocenters. The Labute approximate surface area is 63.2 Å². The van der Waals surface area contributed by atoms with Gasteiger partial charge >= 0.3 is 0 Å². The smallest absolute Gasteiger partial charge is 0.106 e. The van der Waals surface area contributed by atoms with Crippen molar-refractivity contribution >= 4 is 0 Å². The normalized spacial score (nSPS) is 12.6. The molecule has 2 heteroatoms. The number of alkyl halides is 1. The monoisotopic (exact) mass is 147 g/mol. The molecule has 0 heterocycles. The van der Waals surface area contributed by atoms with Crippen LogP contribution >= 0.6 is 0 Å². The van der Waals surface area contributed by atoms with E-state index in [0.29, 0.717) is 6.42 Å². The van der Waals surface area contributed by atoms with Gasteiger partial charge < -0.3 is 4.90 Å². The second kappa shape index (κ2) is 3.91. The van der Waals surface area contributed by atoms with E-state index < -0.39 is 5.67 Å². The molecule has 0 aliphatic rings. The van der Waals surface area contributed by atoms with Crippen molar-refractivity contribution < 1.29 is 4.39 Å². The van der Waals surface area contributed by atoms with Crippen LogP contribution in [0.3, 0.4) is 0 Å². The molecule has 0 aromatic rings. The van der Waals surface area contributed by atoms with Crippen LogP contribution in [0, 0.1) is 0 Å². The topological polar surface area (TPSA) is 3.24 Å². The van der Waals surface area contributed by atoms with Gasteiger partial charge in [0.2, 0.25) is 0 Å². The molecule has 0 bridgehead atoms. The molecule has 0 fully saturated rings. The molecular weight excluding hydrogens is 129 g/mol. The maximum absolute atomic E-state index is 12.9. The highest BCUT2D eigenvalue weighted by Crippen LogP contribution is 2.13. The molecule has 0 aromatic heterocycles. The number of hydrogen-bond acceptors (Lipinski definition) is 1. The van der Waals surface area contributed by atoms with Gasteiger partial charge in [0, 0.05) is 6.54 Å². The van der Waals surface area contributed by atoms with Gasteiger partial charge in [0.25, 0.3) is 0 Å². The summed E-state index contributed by atoms with van der Waals surface area (Å²) in [5.74, 6) is 0. The van der Waals surface area contributed by atoms with Crippen molar-refractivity contribution in [1.29, 1.82) is 0 Å². The highest BCUT2D eigenvalue weighted by molar-refractivity contribution is 4.67. The molecule has 0 radical (unpaired) electrons. The SMILES string of the molecule is CCN(C)CCC(C)(C)F. The predicted molar refractivity (Wildman–Crippen MR) is 43.0 cm³/mol. The van der Waals surface area contributed by atoms with Crippen LogP contribution in [0.5, 0.6) is 0 Å². The van der Waals surface area contributed by atoms with Gasteiger partial charge in [-0.2, -0.15) is 0 Å². The van der Waals surface area contributed by atoms with Gasteiger partial charge in [0.15, 0.2) is 0 Å². The van der Waals surface area contributed by atoms with E-state index in [9.17, 15) is 4.39 Å². The Morgan fingerprint density at radius 1 is 1.40 bits per heavy atom. The fourth-order valence-corrected chi connectivity index (χ4v) is 0.615. The summed E-state index contributed by atoms with van der Waals surface area (Å²) in [4.78, 5) is 2.11. The van der Waals surface area contributed by atoms with E-state index in [4.69, 9.17) is 0 Å². The van der Waals surface area contributed by atoms with Gasteiger partial charge in [-0.25, -0.2) is 4.39 Å². The van der Waals surface area contributed by atoms with Crippen LogP contribution in [-0.4, -0.2) is 30.7 Å². The number of hydrogen-bond donors (Lipinski definition) is 0. The summed E-state index contributed by atoms with van der Waals surface area (Å²) in [5, 5.41) is 0. The number of halogens is 1. The van der Waals surface area contributed by atoms with E-state index in [-0.39, 0.29) is 0 Å². The van der Waals surface area contributed by atoms with E-state index in [1.54, 1.807) is 13.8 Å². The first kappa shape index (κ1) is 9.89. The van der Waals surface area contributed by atoms with Crippen molar-refractivity contribution in [2.24, 2.45) is 0 Å². The largest absolute Gasteiger partial charge is 0.307 e. The molecule has 0 aliphatic heterocycles. The summed E-state index contributed by atoms with van der Waals surface area (Å²) < 4.78 is 12.9. The highest BCUT2D eigenvalue weighted by Gasteiger charge is 2.14. The minimum Gasteiger partial charge on any atom is -0.307 e. The molecule has 0 aromatic carbocycles. The Morgan fingerprint density at radius 3 is 2.20 bits per heavy atom. The summed E-state index contributed by atoms with van der Waals surface area (Å²) in [6.07, 6.45) is 0.622. The third-order valence-corrected chi connectivity index (χ3v) is 1.63. The van der Waals surface area contributed by atoms with Crippen LogP contribution in [0.15, 0.2) is 0 Å². The summed E-state index contributed by atoms with van der Waals surface area (Å²) >= 11 is 0. The first-order valence-corrected chi connectivity index (χ1v) is 3.83. The molecule has 0 rings (SSSR count). The summed E-state index contributed by atoms with van der Waals surface area (Å²) in [5.41, 5.74) is -1.01. The average Bonchev–Trinajstić information content (AvgIpc) is 1.81. The third kappa shape index (κ3) is 6.02. The predicted octanol–water partition coefficient (Wildman–Crippen LogP) is 2.08. The summed E-state index contributed by atoms with van der Waals surface area (Å²) in [6.45, 7) is 7.16. The Morgan fingerprint density at radius 2 is 1.90 bits per heavy atom. The van der Waals surface area contributed by atoms with Gasteiger partial charge in [0.1, 0.15) is 5.67 Å². The van der Waals surface area contributed by atoms with Crippen LogP contribution < -0.4 is 0 Å². The van der Waals surface area contributed by atoms with E-state index in [0.717, 1.165) is 13.1 Å². The van der Waals surface area contributed by atoms with E-state index in [1.807, 2.05) is 7.05 Å². The first-order valence-electron chi connectivity index (χ1n) is 3.83. The minimum absolute atomic E-state index is 0.622. The van der Waals surface area contributed by atoms with Crippen molar-refractivity contribution in [2.75, 3.05) is 20.1 Å². The quantitative estimate of drug-likeness (QED) is 0.588. The van der Waals surface area contributed by atoms with Crippen LogP contribution in [0.25, 0.3) is 0 Å². The second-order valence-electron chi connectivity index (χ2n) is 3.36. The fraction of sp³-hybridized carbons (Fsp3) is 1.00. The lowest BCUT2D eigenvalue weighted by Gasteiger charge is -2.19. The van der Waals surface area contributed by atoms with Crippen LogP contribution in [0.1, 0.15) is 27.2 Å². The maximum atomic E-state index is 12.9. The van der Waals surface area contributed by atoms with Crippen LogP contribution in [0.4, 0.5) is 4.39 Å². The van der Waals surface area contributed by atoms with Crippen molar-refractivity contribution in [1.82, 2.24) is 4.90 Å². The zero-order valence-corrected chi connectivity index (χ0v) is 7.45. The molecule has 0 amide bonds. The van der Waals surface area contributed by atoms with E-state index in [2.05, 4.69) is 11.8 Å². The molecular formula is C8H18FN. The molecule has 0 atom stereocenters. The van der Waals surface area contributed by atoms with Gasteiger partial charge in [-0.15, -0.1) is 0 Å². The Balaban J connectivity index is 3.36. The zero-order valence-electron chi connectivity index (χ0n) is 7.45. The van der Waals surface area contributed by atoms with E-state index >= 15 is 0 Å². The van der Waals surface area contributed by atoms with Gasteiger partial charge in [-0.05, 0) is 33.9 Å². The average molecular weight is 147 g/mol. The lowest BCUT2D eigenvalue weighted by molar-refractivity contribution is 0.175. The second-order valence-corrected chi connectivity index (χ2v) is 3.36. The molecule has 0 saturated carbocycles. The van der Waals surface area contributed by atoms with E-state index in [1.165, 1.54) is 0 Å². The third-order valence-electron chi connectivity index (χ3n) is 1.63. The Kier molecular flexibility index (Phi) is 3.87. The standard InChI is InChI=1S/C8H18FN/c1-5-10(4)7-6-8(2,3)9/h5-7H2,1-4H3. The van der Waals surface area contributed by atoms with Crippen molar-refractivity contribution in [3.05, 3.63) is 0 Å². The lowest BCUT2D eigenvalue weighted by atomic mass is 10.1. The molecule has 0 aliphatic carbocycles. The van der Waals surface area contributed by atoms with Crippen molar-refractivity contribution in [2.45, 2.75) is 32.9 Å². The summed E-state index contributed by atoms with van der Waals surface area (Å²) in [7, 11) is 2.01.